The van der Waals surface area contributed by atoms with E-state index in [2.05, 4.69) is 15.2 Å². The van der Waals surface area contributed by atoms with Gasteiger partial charge in [0.05, 0.1) is 7.11 Å². The van der Waals surface area contributed by atoms with Gasteiger partial charge in [-0.1, -0.05) is 0 Å². The average molecular weight is 249 g/mol. The van der Waals surface area contributed by atoms with E-state index in [9.17, 15) is 0 Å². The summed E-state index contributed by atoms with van der Waals surface area (Å²) in [6.07, 6.45) is 1.43. The first kappa shape index (κ1) is 11.5. The van der Waals surface area contributed by atoms with E-state index in [1.165, 1.54) is 18.1 Å². The van der Waals surface area contributed by atoms with E-state index in [0.29, 0.717) is 16.5 Å². The van der Waals surface area contributed by atoms with Crippen LogP contribution >= 0.6 is 11.8 Å². The summed E-state index contributed by atoms with van der Waals surface area (Å²) in [7, 11) is 1.59. The number of nitrogens with zero attached hydrogens (tertiary/aromatic N) is 2. The summed E-state index contributed by atoms with van der Waals surface area (Å²) in [5.74, 6) is 0.715. The highest BCUT2D eigenvalue weighted by Crippen LogP contribution is 2.30. The van der Waals surface area contributed by atoms with Crippen LogP contribution < -0.4 is 10.5 Å². The smallest absolute Gasteiger partial charge is 0.188 e. The number of nitrogens with one attached hydrogen (secondary N) is 2. The number of aromatic nitrogens is 3. The van der Waals surface area contributed by atoms with Crippen molar-refractivity contribution >= 4 is 17.6 Å². The molecule has 1 heterocycles. The van der Waals surface area contributed by atoms with Crippen LogP contribution in [-0.2, 0) is 0 Å². The molecule has 0 aliphatic carbocycles. The van der Waals surface area contributed by atoms with E-state index >= 15 is 0 Å². The Hall–Kier alpha value is -2.02. The van der Waals surface area contributed by atoms with Gasteiger partial charge in [-0.15, -0.1) is 0 Å². The van der Waals surface area contributed by atoms with E-state index in [1.54, 1.807) is 19.2 Å². The molecule has 6 nitrogen and oxygen atoms in total. The Labute approximate surface area is 102 Å². The molecule has 17 heavy (non-hydrogen) atoms. The third-order valence-electron chi connectivity index (χ3n) is 2.08. The van der Waals surface area contributed by atoms with Crippen LogP contribution in [0.2, 0.25) is 0 Å². The van der Waals surface area contributed by atoms with Crippen LogP contribution in [0.3, 0.4) is 0 Å². The van der Waals surface area contributed by atoms with Crippen LogP contribution in [0.4, 0.5) is 0 Å². The number of ether oxygens (including phenoxy) is 1. The molecule has 0 unspecified atom stereocenters. The second-order valence-corrected chi connectivity index (χ2v) is 4.20. The lowest BCUT2D eigenvalue weighted by molar-refractivity contribution is 0.413. The molecule has 2 aromatic rings. The van der Waals surface area contributed by atoms with Gasteiger partial charge in [-0.2, -0.15) is 5.10 Å². The second kappa shape index (κ2) is 4.88. The molecule has 4 N–H and O–H groups in total. The number of nitrogens with two attached hydrogens (primary N) is 1. The molecule has 0 spiro atoms. The number of amidine groups is 1. The van der Waals surface area contributed by atoms with Crippen LogP contribution in [-0.4, -0.2) is 28.1 Å². The first-order chi connectivity index (χ1) is 8.20. The molecule has 0 atom stereocenters. The van der Waals surface area contributed by atoms with Gasteiger partial charge in [0.25, 0.3) is 0 Å². The van der Waals surface area contributed by atoms with E-state index in [0.717, 1.165) is 4.90 Å². The van der Waals surface area contributed by atoms with Gasteiger partial charge in [-0.25, -0.2) is 4.98 Å². The van der Waals surface area contributed by atoms with Crippen molar-refractivity contribution in [2.75, 3.05) is 7.11 Å². The SMILES string of the molecule is COc1ccc(C(=N)N)c(Sc2ncn[nH]2)c1. The van der Waals surface area contributed by atoms with Gasteiger partial charge in [0, 0.05) is 10.5 Å². The number of rotatable bonds is 4. The molecule has 0 bridgehead atoms. The molecule has 2 rings (SSSR count). The molecule has 0 saturated heterocycles. The highest BCUT2D eigenvalue weighted by atomic mass is 32.2. The van der Waals surface area contributed by atoms with E-state index < -0.39 is 0 Å². The average Bonchev–Trinajstić information content (AvgIpc) is 2.81. The Morgan fingerprint density at radius 2 is 2.35 bits per heavy atom. The minimum absolute atomic E-state index is 0.00895. The monoisotopic (exact) mass is 249 g/mol. The highest BCUT2D eigenvalue weighted by Gasteiger charge is 2.10. The summed E-state index contributed by atoms with van der Waals surface area (Å²) in [4.78, 5) is 4.81. The Balaban J connectivity index is 2.38. The van der Waals surface area contributed by atoms with E-state index in [4.69, 9.17) is 15.9 Å². The van der Waals surface area contributed by atoms with Gasteiger partial charge < -0.3 is 10.5 Å². The Bertz CT molecular complexity index is 525. The van der Waals surface area contributed by atoms with Crippen LogP contribution in [0.5, 0.6) is 5.75 Å². The molecule has 0 aliphatic rings. The minimum Gasteiger partial charge on any atom is -0.497 e. The molecule has 1 aromatic carbocycles. The van der Waals surface area contributed by atoms with Crippen LogP contribution in [0.1, 0.15) is 5.56 Å². The zero-order chi connectivity index (χ0) is 12.3. The van der Waals surface area contributed by atoms with Gasteiger partial charge >= 0.3 is 0 Å². The second-order valence-electron chi connectivity index (χ2n) is 3.17. The Kier molecular flexibility index (Phi) is 3.29. The summed E-state index contributed by atoms with van der Waals surface area (Å²) in [5.41, 5.74) is 6.16. The van der Waals surface area contributed by atoms with Crippen LogP contribution in [0.15, 0.2) is 34.6 Å². The van der Waals surface area contributed by atoms with Crippen LogP contribution in [0.25, 0.3) is 0 Å². The van der Waals surface area contributed by atoms with Crippen molar-refractivity contribution in [2.45, 2.75) is 10.1 Å². The molecule has 0 fully saturated rings. The lowest BCUT2D eigenvalue weighted by atomic mass is 10.2. The summed E-state index contributed by atoms with van der Waals surface area (Å²) in [6.45, 7) is 0. The van der Waals surface area contributed by atoms with Crippen molar-refractivity contribution in [3.05, 3.63) is 30.1 Å². The number of hydrogen-bond donors (Lipinski definition) is 3. The maximum absolute atomic E-state index is 7.51. The molecule has 1 aromatic heterocycles. The predicted octanol–water partition coefficient (Wildman–Crippen LogP) is 1.25. The summed E-state index contributed by atoms with van der Waals surface area (Å²) < 4.78 is 5.14. The van der Waals surface area contributed by atoms with Gasteiger partial charge in [-0.05, 0) is 30.0 Å². The van der Waals surface area contributed by atoms with Gasteiger partial charge in [-0.3, -0.25) is 10.5 Å². The third-order valence-corrected chi connectivity index (χ3v) is 3.03. The molecular formula is C10H11N5OS. The molecule has 0 aliphatic heterocycles. The fraction of sp³-hybridized carbons (Fsp3) is 0.100. The summed E-state index contributed by atoms with van der Waals surface area (Å²) in [5, 5.41) is 14.7. The number of aromatic amines is 1. The number of H-pyrrole nitrogens is 1. The standard InChI is InChI=1S/C10H11N5OS/c1-16-6-2-3-7(9(11)12)8(4-6)17-10-13-5-14-15-10/h2-5H,1H3,(H3,11,12)(H,13,14,15). The predicted molar refractivity (Wildman–Crippen MR) is 64.5 cm³/mol. The summed E-state index contributed by atoms with van der Waals surface area (Å²) in [6, 6.07) is 5.32. The topological polar surface area (TPSA) is 101 Å². The molecule has 7 heteroatoms. The number of nitrogen functional groups attached to an aromatic ring is 1. The fourth-order valence-electron chi connectivity index (χ4n) is 1.28. The van der Waals surface area contributed by atoms with Crippen molar-refractivity contribution in [2.24, 2.45) is 5.73 Å². The van der Waals surface area contributed by atoms with Crippen LogP contribution in [0, 0.1) is 5.41 Å². The lowest BCUT2D eigenvalue weighted by Gasteiger charge is -2.08. The third kappa shape index (κ3) is 2.56. The van der Waals surface area contributed by atoms with Crippen molar-refractivity contribution < 1.29 is 4.74 Å². The molecule has 88 valence electrons. The molecule has 0 saturated carbocycles. The van der Waals surface area contributed by atoms with E-state index in [-0.39, 0.29) is 5.84 Å². The quantitative estimate of drug-likeness (QED) is 0.559. The Morgan fingerprint density at radius 1 is 1.53 bits per heavy atom. The number of benzene rings is 1. The molecular weight excluding hydrogens is 238 g/mol. The van der Waals surface area contributed by atoms with Gasteiger partial charge in [0.15, 0.2) is 5.16 Å². The minimum atomic E-state index is 0.00895. The van der Waals surface area contributed by atoms with Gasteiger partial charge in [0.1, 0.15) is 17.9 Å². The maximum Gasteiger partial charge on any atom is 0.188 e. The molecule has 0 amide bonds. The molecule has 0 radical (unpaired) electrons. The normalized spacial score (nSPS) is 10.2. The maximum atomic E-state index is 7.51. The summed E-state index contributed by atoms with van der Waals surface area (Å²) >= 11 is 1.35. The van der Waals surface area contributed by atoms with Crippen molar-refractivity contribution in [3.63, 3.8) is 0 Å². The zero-order valence-electron chi connectivity index (χ0n) is 9.10. The lowest BCUT2D eigenvalue weighted by Crippen LogP contribution is -2.12. The van der Waals surface area contributed by atoms with Crippen molar-refractivity contribution in [1.82, 2.24) is 15.2 Å². The highest BCUT2D eigenvalue weighted by molar-refractivity contribution is 7.99. The first-order valence-corrected chi connectivity index (χ1v) is 5.58. The fourth-order valence-corrected chi connectivity index (χ4v) is 2.15. The van der Waals surface area contributed by atoms with Gasteiger partial charge in [0.2, 0.25) is 0 Å². The van der Waals surface area contributed by atoms with Crippen molar-refractivity contribution in [3.8, 4) is 5.75 Å². The number of hydrogen-bond acceptors (Lipinski definition) is 5. The number of methoxy groups -OCH3 is 1. The first-order valence-electron chi connectivity index (χ1n) is 4.76. The zero-order valence-corrected chi connectivity index (χ0v) is 9.91. The largest absolute Gasteiger partial charge is 0.497 e. The van der Waals surface area contributed by atoms with E-state index in [1.807, 2.05) is 6.07 Å². The Morgan fingerprint density at radius 3 is 2.94 bits per heavy atom. The van der Waals surface area contributed by atoms with Crippen molar-refractivity contribution in [1.29, 1.82) is 5.41 Å².